The summed E-state index contributed by atoms with van der Waals surface area (Å²) >= 11 is 0. The topological polar surface area (TPSA) is 46.9 Å². The minimum atomic E-state index is 0.209. The molecule has 1 saturated heterocycles. The van der Waals surface area contributed by atoms with Crippen molar-refractivity contribution in [3.63, 3.8) is 0 Å². The van der Waals surface area contributed by atoms with Crippen molar-refractivity contribution in [1.82, 2.24) is 14.9 Å². The van der Waals surface area contributed by atoms with Crippen LogP contribution in [0.5, 0.6) is 0 Å². The number of rotatable bonds is 4. The predicted molar refractivity (Wildman–Crippen MR) is 62.1 cm³/mol. The molecule has 4 nitrogen and oxygen atoms in total. The highest BCUT2D eigenvalue weighted by Gasteiger charge is 2.28. The van der Waals surface area contributed by atoms with Crippen LogP contribution in [0.3, 0.4) is 0 Å². The fraction of sp³-hybridized carbons (Fsp3) is 0.667. The fourth-order valence-corrected chi connectivity index (χ4v) is 2.36. The van der Waals surface area contributed by atoms with Crippen molar-refractivity contribution in [3.8, 4) is 0 Å². The van der Waals surface area contributed by atoms with Gasteiger partial charge in [0.2, 0.25) is 0 Å². The lowest BCUT2D eigenvalue weighted by molar-refractivity contribution is -0.123. The number of imidazole rings is 1. The molecule has 0 aromatic carbocycles. The van der Waals surface area contributed by atoms with Gasteiger partial charge in [-0.2, -0.15) is 0 Å². The minimum Gasteiger partial charge on any atom is -0.338 e. The number of Topliss-reactive ketones (excluding diaryl/α,β-unsaturated/α-hetero) is 1. The summed E-state index contributed by atoms with van der Waals surface area (Å²) in [5, 5.41) is 3.31. The molecule has 1 N–H and O–H groups in total. The molecule has 0 aliphatic carbocycles. The van der Waals surface area contributed by atoms with E-state index in [0.29, 0.717) is 18.2 Å². The predicted octanol–water partition coefficient (Wildman–Crippen LogP) is 0.920. The van der Waals surface area contributed by atoms with Crippen molar-refractivity contribution in [3.05, 3.63) is 18.2 Å². The van der Waals surface area contributed by atoms with Crippen molar-refractivity contribution in [1.29, 1.82) is 0 Å². The Balaban J connectivity index is 1.86. The maximum Gasteiger partial charge on any atom is 0.138 e. The van der Waals surface area contributed by atoms with Crippen molar-refractivity contribution in [2.24, 2.45) is 13.0 Å². The molecule has 1 aliphatic heterocycles. The summed E-state index contributed by atoms with van der Waals surface area (Å²) in [6.45, 7) is 3.07. The Morgan fingerprint density at radius 2 is 2.50 bits per heavy atom. The molecule has 1 aromatic rings. The quantitative estimate of drug-likeness (QED) is 0.822. The Morgan fingerprint density at radius 3 is 3.06 bits per heavy atom. The number of hydrogen-bond donors (Lipinski definition) is 1. The summed E-state index contributed by atoms with van der Waals surface area (Å²) in [4.78, 5) is 16.2. The molecule has 2 atom stereocenters. The van der Waals surface area contributed by atoms with E-state index in [1.54, 1.807) is 6.20 Å². The molecule has 16 heavy (non-hydrogen) atoms. The van der Waals surface area contributed by atoms with Gasteiger partial charge in [-0.3, -0.25) is 4.79 Å². The van der Waals surface area contributed by atoms with Crippen LogP contribution in [0.25, 0.3) is 0 Å². The van der Waals surface area contributed by atoms with E-state index in [4.69, 9.17) is 0 Å². The van der Waals surface area contributed by atoms with Crippen LogP contribution in [0.15, 0.2) is 12.4 Å². The van der Waals surface area contributed by atoms with E-state index in [1.165, 1.54) is 0 Å². The highest BCUT2D eigenvalue weighted by atomic mass is 16.1. The summed E-state index contributed by atoms with van der Waals surface area (Å²) in [5.41, 5.74) is 0. The van der Waals surface area contributed by atoms with Gasteiger partial charge in [-0.25, -0.2) is 4.98 Å². The van der Waals surface area contributed by atoms with Gasteiger partial charge in [0.1, 0.15) is 11.6 Å². The molecule has 4 heteroatoms. The molecule has 1 aromatic heterocycles. The number of aryl methyl sites for hydroxylation is 2. The van der Waals surface area contributed by atoms with Crippen LogP contribution < -0.4 is 5.32 Å². The van der Waals surface area contributed by atoms with Gasteiger partial charge in [-0.15, -0.1) is 0 Å². The standard InChI is InChI=1S/C12H19N3O/c1-9-10(5-6-13-9)11(16)3-4-12-14-7-8-15(12)2/h7-10,13H,3-6H2,1-2H3. The zero-order valence-corrected chi connectivity index (χ0v) is 9.94. The SMILES string of the molecule is CC1NCCC1C(=O)CCc1nccn1C. The van der Waals surface area contributed by atoms with Gasteiger partial charge >= 0.3 is 0 Å². The normalized spacial score (nSPS) is 24.9. The van der Waals surface area contributed by atoms with E-state index in [9.17, 15) is 4.79 Å². The number of hydrogen-bond acceptors (Lipinski definition) is 3. The molecule has 2 unspecified atom stereocenters. The first-order valence-corrected chi connectivity index (χ1v) is 5.91. The Morgan fingerprint density at radius 1 is 1.69 bits per heavy atom. The maximum absolute atomic E-state index is 12.0. The van der Waals surface area contributed by atoms with Crippen molar-refractivity contribution >= 4 is 5.78 Å². The Hall–Kier alpha value is -1.16. The maximum atomic E-state index is 12.0. The monoisotopic (exact) mass is 221 g/mol. The summed E-state index contributed by atoms with van der Waals surface area (Å²) < 4.78 is 1.98. The number of nitrogens with one attached hydrogen (secondary N) is 1. The number of carbonyl (C=O) groups is 1. The Kier molecular flexibility index (Phi) is 3.39. The molecule has 2 heterocycles. The Labute approximate surface area is 96.1 Å². The van der Waals surface area contributed by atoms with Crippen LogP contribution in [-0.4, -0.2) is 27.9 Å². The molecule has 1 fully saturated rings. The van der Waals surface area contributed by atoms with Gasteiger partial charge < -0.3 is 9.88 Å². The van der Waals surface area contributed by atoms with Crippen LogP contribution in [-0.2, 0) is 18.3 Å². The fourth-order valence-electron chi connectivity index (χ4n) is 2.36. The van der Waals surface area contributed by atoms with Crippen molar-refractivity contribution in [2.45, 2.75) is 32.2 Å². The molecule has 0 saturated carbocycles. The van der Waals surface area contributed by atoms with Gasteiger partial charge in [0.25, 0.3) is 0 Å². The highest BCUT2D eigenvalue weighted by molar-refractivity contribution is 5.82. The van der Waals surface area contributed by atoms with Crippen LogP contribution in [0, 0.1) is 5.92 Å². The molecular weight excluding hydrogens is 202 g/mol. The molecular formula is C12H19N3O. The van der Waals surface area contributed by atoms with Crippen LogP contribution >= 0.6 is 0 Å². The molecule has 0 amide bonds. The smallest absolute Gasteiger partial charge is 0.138 e. The zero-order chi connectivity index (χ0) is 11.5. The third-order valence-electron chi connectivity index (χ3n) is 3.45. The summed E-state index contributed by atoms with van der Waals surface area (Å²) in [7, 11) is 1.96. The number of nitrogens with zero attached hydrogens (tertiary/aromatic N) is 2. The van der Waals surface area contributed by atoms with Crippen molar-refractivity contribution in [2.75, 3.05) is 6.54 Å². The lowest BCUT2D eigenvalue weighted by atomic mass is 9.94. The molecule has 0 spiro atoms. The van der Waals surface area contributed by atoms with Gasteiger partial charge in [0, 0.05) is 44.2 Å². The van der Waals surface area contributed by atoms with E-state index in [2.05, 4.69) is 17.2 Å². The number of ketones is 1. The lowest BCUT2D eigenvalue weighted by Gasteiger charge is -2.13. The minimum absolute atomic E-state index is 0.209. The van der Waals surface area contributed by atoms with E-state index in [0.717, 1.165) is 25.2 Å². The third-order valence-corrected chi connectivity index (χ3v) is 3.45. The lowest BCUT2D eigenvalue weighted by Crippen LogP contribution is -2.28. The second kappa shape index (κ2) is 4.78. The number of aromatic nitrogens is 2. The summed E-state index contributed by atoms with van der Waals surface area (Å²) in [6, 6.07) is 0.342. The largest absolute Gasteiger partial charge is 0.338 e. The Bertz CT molecular complexity index is 372. The van der Waals surface area contributed by atoms with Gasteiger partial charge in [-0.1, -0.05) is 0 Å². The van der Waals surface area contributed by atoms with Crippen LogP contribution in [0.1, 0.15) is 25.6 Å². The van der Waals surface area contributed by atoms with Gasteiger partial charge in [0.15, 0.2) is 0 Å². The summed E-state index contributed by atoms with van der Waals surface area (Å²) in [5.74, 6) is 1.58. The first-order chi connectivity index (χ1) is 7.68. The van der Waals surface area contributed by atoms with E-state index < -0.39 is 0 Å². The highest BCUT2D eigenvalue weighted by Crippen LogP contribution is 2.18. The van der Waals surface area contributed by atoms with Crippen molar-refractivity contribution < 1.29 is 4.79 Å². The third kappa shape index (κ3) is 2.32. The van der Waals surface area contributed by atoms with Gasteiger partial charge in [-0.05, 0) is 19.9 Å². The zero-order valence-electron chi connectivity index (χ0n) is 9.94. The first kappa shape index (κ1) is 11.3. The van der Waals surface area contributed by atoms with E-state index in [-0.39, 0.29) is 5.92 Å². The van der Waals surface area contributed by atoms with E-state index in [1.807, 2.05) is 17.8 Å². The average Bonchev–Trinajstić information content (AvgIpc) is 2.84. The van der Waals surface area contributed by atoms with Gasteiger partial charge in [0.05, 0.1) is 0 Å². The first-order valence-electron chi connectivity index (χ1n) is 5.91. The second-order valence-electron chi connectivity index (χ2n) is 4.56. The summed E-state index contributed by atoms with van der Waals surface area (Å²) in [6.07, 6.45) is 6.05. The molecule has 1 aliphatic rings. The second-order valence-corrected chi connectivity index (χ2v) is 4.56. The molecule has 2 rings (SSSR count). The van der Waals surface area contributed by atoms with E-state index >= 15 is 0 Å². The average molecular weight is 221 g/mol. The van der Waals surface area contributed by atoms with Crippen LogP contribution in [0.4, 0.5) is 0 Å². The molecule has 0 bridgehead atoms. The van der Waals surface area contributed by atoms with Crippen LogP contribution in [0.2, 0.25) is 0 Å². The molecule has 0 radical (unpaired) electrons. The number of carbonyl (C=O) groups excluding carboxylic acids is 1. The molecule has 88 valence electrons.